The third-order valence-electron chi connectivity index (χ3n) is 4.58. The van der Waals surface area contributed by atoms with Crippen molar-refractivity contribution in [2.75, 3.05) is 7.11 Å². The number of carbonyl (C=O) groups is 2. The Morgan fingerprint density at radius 1 is 0.774 bits per heavy atom. The number of carbonyl (C=O) groups excluding carboxylic acids is 2. The molecule has 1 N–H and O–H groups in total. The van der Waals surface area contributed by atoms with E-state index in [0.29, 0.717) is 5.56 Å². The second-order valence-electron chi connectivity index (χ2n) is 7.70. The smallest absolute Gasteiger partial charge is 0.163 e. The van der Waals surface area contributed by atoms with Gasteiger partial charge in [0.2, 0.25) is 0 Å². The second-order valence-corrected chi connectivity index (χ2v) is 7.70. The number of benzene rings is 3. The summed E-state index contributed by atoms with van der Waals surface area (Å²) < 4.78 is 5.17. The number of methoxy groups -OCH3 is 1. The topological polar surface area (TPSA) is 63.6 Å². The zero-order valence-corrected chi connectivity index (χ0v) is 19.2. The number of ether oxygens (including phenoxy) is 1. The predicted octanol–water partition coefficient (Wildman–Crippen LogP) is 6.21. The molecule has 4 heteroatoms. The molecule has 0 aliphatic rings. The molecule has 0 aromatic heterocycles. The molecule has 0 radical (unpaired) electrons. The maximum Gasteiger partial charge on any atom is 0.163 e. The lowest BCUT2D eigenvalue weighted by Crippen LogP contribution is -2.19. The first-order valence-corrected chi connectivity index (χ1v) is 10.1. The van der Waals surface area contributed by atoms with Crippen molar-refractivity contribution in [3.05, 3.63) is 95.6 Å². The molecule has 0 atom stereocenters. The zero-order chi connectivity index (χ0) is 23.4. The van der Waals surface area contributed by atoms with E-state index >= 15 is 0 Å². The van der Waals surface area contributed by atoms with Crippen molar-refractivity contribution in [1.82, 2.24) is 0 Å². The first-order valence-electron chi connectivity index (χ1n) is 10.1. The van der Waals surface area contributed by atoms with E-state index in [1.54, 1.807) is 19.2 Å². The normalized spacial score (nSPS) is 10.0. The Kier molecular flexibility index (Phi) is 10.2. The summed E-state index contributed by atoms with van der Waals surface area (Å²) in [6.07, 6.45) is 0. The summed E-state index contributed by atoms with van der Waals surface area (Å²) in [6, 6.07) is 25.1. The Hall–Kier alpha value is -3.40. The summed E-state index contributed by atoms with van der Waals surface area (Å²) in [5, 5.41) is 10.0. The average molecular weight is 421 g/mol. The minimum atomic E-state index is -0.279. The summed E-state index contributed by atoms with van der Waals surface area (Å²) in [5.74, 6) is 0.868. The van der Waals surface area contributed by atoms with Gasteiger partial charge in [-0.05, 0) is 56.2 Å². The summed E-state index contributed by atoms with van der Waals surface area (Å²) in [5.41, 5.74) is 2.14. The number of rotatable bonds is 4. The summed E-state index contributed by atoms with van der Waals surface area (Å²) >= 11 is 0. The molecule has 0 spiro atoms. The number of phenolic OH excluding ortho intramolecular Hbond substituents is 1. The average Bonchev–Trinajstić information content (AvgIpc) is 2.74. The molecule has 0 amide bonds. The fraction of sp³-hybridized carbons (Fsp3) is 0.259. The van der Waals surface area contributed by atoms with Crippen molar-refractivity contribution in [3.8, 4) is 11.5 Å². The van der Waals surface area contributed by atoms with E-state index in [2.05, 4.69) is 13.8 Å². The standard InChI is InChI=1S/C18H20O3.C6H6.C3H6O/c1-12(19)16-10-7-14(11-17(16)20)18(2,3)13-5-8-15(21-4)9-6-13;1-2-4-6-5-3-1;1-3(2)4/h5-11,20H,1-4H3;1-6H;1-2H3. The molecule has 0 saturated carbocycles. The van der Waals surface area contributed by atoms with Gasteiger partial charge in [-0.25, -0.2) is 0 Å². The van der Waals surface area contributed by atoms with Gasteiger partial charge in [-0.3, -0.25) is 4.79 Å². The van der Waals surface area contributed by atoms with E-state index in [-0.39, 0.29) is 22.7 Å². The largest absolute Gasteiger partial charge is 0.507 e. The van der Waals surface area contributed by atoms with Gasteiger partial charge in [0.05, 0.1) is 12.7 Å². The lowest BCUT2D eigenvalue weighted by Gasteiger charge is -2.26. The molecule has 31 heavy (non-hydrogen) atoms. The van der Waals surface area contributed by atoms with Gasteiger partial charge in [0.1, 0.15) is 17.3 Å². The van der Waals surface area contributed by atoms with E-state index in [1.165, 1.54) is 20.8 Å². The maximum absolute atomic E-state index is 11.4. The van der Waals surface area contributed by atoms with Gasteiger partial charge in [0.15, 0.2) is 5.78 Å². The Bertz CT molecular complexity index is 928. The molecule has 3 rings (SSSR count). The van der Waals surface area contributed by atoms with Crippen LogP contribution in [-0.2, 0) is 10.2 Å². The number of ketones is 2. The van der Waals surface area contributed by atoms with Gasteiger partial charge in [-0.2, -0.15) is 0 Å². The van der Waals surface area contributed by atoms with Crippen molar-refractivity contribution in [1.29, 1.82) is 0 Å². The lowest BCUT2D eigenvalue weighted by atomic mass is 9.77. The highest BCUT2D eigenvalue weighted by Crippen LogP contribution is 2.35. The van der Waals surface area contributed by atoms with Crippen molar-refractivity contribution < 1.29 is 19.4 Å². The van der Waals surface area contributed by atoms with Crippen LogP contribution in [0.3, 0.4) is 0 Å². The first-order chi connectivity index (χ1) is 14.6. The van der Waals surface area contributed by atoms with Crippen molar-refractivity contribution >= 4 is 11.6 Å². The molecule has 0 bridgehead atoms. The summed E-state index contributed by atoms with van der Waals surface area (Å²) in [7, 11) is 1.64. The van der Waals surface area contributed by atoms with Gasteiger partial charge in [-0.1, -0.05) is 68.4 Å². The van der Waals surface area contributed by atoms with Gasteiger partial charge >= 0.3 is 0 Å². The highest BCUT2D eigenvalue weighted by atomic mass is 16.5. The van der Waals surface area contributed by atoms with Crippen LogP contribution in [0.5, 0.6) is 11.5 Å². The van der Waals surface area contributed by atoms with Crippen LogP contribution >= 0.6 is 0 Å². The fourth-order valence-electron chi connectivity index (χ4n) is 2.78. The zero-order valence-electron chi connectivity index (χ0n) is 19.2. The van der Waals surface area contributed by atoms with Crippen molar-refractivity contribution in [2.24, 2.45) is 0 Å². The third kappa shape index (κ3) is 8.47. The van der Waals surface area contributed by atoms with Crippen LogP contribution in [0.4, 0.5) is 0 Å². The van der Waals surface area contributed by atoms with E-state index in [1.807, 2.05) is 66.7 Å². The molecule has 164 valence electrons. The van der Waals surface area contributed by atoms with Crippen LogP contribution in [0, 0.1) is 0 Å². The van der Waals surface area contributed by atoms with Gasteiger partial charge in [0, 0.05) is 5.41 Å². The lowest BCUT2D eigenvalue weighted by molar-refractivity contribution is -0.115. The number of hydrogen-bond acceptors (Lipinski definition) is 4. The number of aromatic hydroxyl groups is 1. The molecule has 0 saturated heterocycles. The van der Waals surface area contributed by atoms with E-state index in [4.69, 9.17) is 4.74 Å². The van der Waals surface area contributed by atoms with E-state index in [9.17, 15) is 14.7 Å². The van der Waals surface area contributed by atoms with Gasteiger partial charge in [-0.15, -0.1) is 0 Å². The van der Waals surface area contributed by atoms with Crippen LogP contribution in [0.1, 0.15) is 56.1 Å². The van der Waals surface area contributed by atoms with E-state index < -0.39 is 0 Å². The number of Topliss-reactive ketones (excluding diaryl/α,β-unsaturated/α-hetero) is 2. The Morgan fingerprint density at radius 2 is 1.19 bits per heavy atom. The molecule has 4 nitrogen and oxygen atoms in total. The molecule has 0 aliphatic carbocycles. The van der Waals surface area contributed by atoms with Crippen LogP contribution in [0.15, 0.2) is 78.9 Å². The number of phenols is 1. The van der Waals surface area contributed by atoms with Crippen molar-refractivity contribution in [2.45, 2.75) is 40.0 Å². The van der Waals surface area contributed by atoms with Gasteiger partial charge in [0.25, 0.3) is 0 Å². The minimum Gasteiger partial charge on any atom is -0.507 e. The Balaban J connectivity index is 0.000000395. The maximum atomic E-state index is 11.4. The van der Waals surface area contributed by atoms with E-state index in [0.717, 1.165) is 16.9 Å². The Labute approximate surface area is 185 Å². The minimum absolute atomic E-state index is 0.0292. The van der Waals surface area contributed by atoms with Crippen LogP contribution < -0.4 is 4.74 Å². The first kappa shape index (κ1) is 25.6. The SMILES string of the molecule is CC(C)=O.COc1ccc(C(C)(C)c2ccc(C(C)=O)c(O)c2)cc1.c1ccccc1. The molecule has 0 aliphatic heterocycles. The quantitative estimate of drug-likeness (QED) is 0.510. The fourth-order valence-corrected chi connectivity index (χ4v) is 2.78. The van der Waals surface area contributed by atoms with Crippen LogP contribution in [-0.4, -0.2) is 23.8 Å². The van der Waals surface area contributed by atoms with Crippen molar-refractivity contribution in [3.63, 3.8) is 0 Å². The highest BCUT2D eigenvalue weighted by Gasteiger charge is 2.24. The highest BCUT2D eigenvalue weighted by molar-refractivity contribution is 5.96. The Morgan fingerprint density at radius 3 is 1.55 bits per heavy atom. The van der Waals surface area contributed by atoms with Gasteiger partial charge < -0.3 is 14.6 Å². The second kappa shape index (κ2) is 12.3. The molecule has 3 aromatic rings. The van der Waals surface area contributed by atoms with Crippen LogP contribution in [0.25, 0.3) is 0 Å². The molecule has 0 heterocycles. The predicted molar refractivity (Wildman–Crippen MR) is 126 cm³/mol. The monoisotopic (exact) mass is 420 g/mol. The molecular weight excluding hydrogens is 388 g/mol. The molecule has 0 fully saturated rings. The summed E-state index contributed by atoms with van der Waals surface area (Å²) in [4.78, 5) is 20.8. The number of hydrogen-bond donors (Lipinski definition) is 1. The molecule has 3 aromatic carbocycles. The van der Waals surface area contributed by atoms with Crippen LogP contribution in [0.2, 0.25) is 0 Å². The third-order valence-corrected chi connectivity index (χ3v) is 4.58. The molecule has 0 unspecified atom stereocenters. The summed E-state index contributed by atoms with van der Waals surface area (Å²) in [6.45, 7) is 8.66. The molecular formula is C27H32O4.